The van der Waals surface area contributed by atoms with E-state index in [1.54, 1.807) is 6.42 Å². The molecule has 0 bridgehead atoms. The minimum absolute atomic E-state index is 0.493. The highest BCUT2D eigenvalue weighted by molar-refractivity contribution is 5.38. The van der Waals surface area contributed by atoms with Crippen LogP contribution in [0.1, 0.15) is 11.3 Å². The standard InChI is InChI=1S/C12H8F3N2O/c13-10-2-1-8(6-11(10)18-12(14)15)5-9-7-16-3-4-17-9/h1-7,12H. The van der Waals surface area contributed by atoms with Crippen LogP contribution < -0.4 is 4.74 Å². The molecule has 0 fully saturated rings. The topological polar surface area (TPSA) is 35.0 Å². The zero-order valence-electron chi connectivity index (χ0n) is 9.06. The molecule has 1 aromatic carbocycles. The van der Waals surface area contributed by atoms with Crippen LogP contribution in [0.5, 0.6) is 5.75 Å². The summed E-state index contributed by atoms with van der Waals surface area (Å²) in [6.45, 7) is -3.06. The number of aromatic nitrogens is 2. The van der Waals surface area contributed by atoms with Crippen LogP contribution in [0.3, 0.4) is 0 Å². The maximum absolute atomic E-state index is 13.2. The van der Waals surface area contributed by atoms with Gasteiger partial charge in [0.05, 0.1) is 5.69 Å². The quantitative estimate of drug-likeness (QED) is 0.840. The summed E-state index contributed by atoms with van der Waals surface area (Å²) in [6, 6.07) is 3.67. The Morgan fingerprint density at radius 3 is 2.72 bits per heavy atom. The molecule has 0 aliphatic heterocycles. The van der Waals surface area contributed by atoms with Gasteiger partial charge in [-0.3, -0.25) is 9.97 Å². The average Bonchev–Trinajstić information content (AvgIpc) is 2.34. The minimum Gasteiger partial charge on any atom is -0.432 e. The molecule has 2 aromatic rings. The molecule has 0 aliphatic rings. The average molecular weight is 253 g/mol. The van der Waals surface area contributed by atoms with E-state index in [0.29, 0.717) is 11.3 Å². The number of hydrogen-bond acceptors (Lipinski definition) is 3. The summed E-state index contributed by atoms with van der Waals surface area (Å²) in [5, 5.41) is 0. The Bertz CT molecular complexity index is 520. The van der Waals surface area contributed by atoms with Gasteiger partial charge in [-0.2, -0.15) is 8.78 Å². The van der Waals surface area contributed by atoms with Crippen molar-refractivity contribution in [3.63, 3.8) is 0 Å². The highest BCUT2D eigenvalue weighted by Crippen LogP contribution is 2.22. The van der Waals surface area contributed by atoms with E-state index in [2.05, 4.69) is 14.7 Å². The molecular weight excluding hydrogens is 245 g/mol. The molecule has 0 amide bonds. The highest BCUT2D eigenvalue weighted by atomic mass is 19.3. The summed E-state index contributed by atoms with van der Waals surface area (Å²) < 4.78 is 41.3. The Hall–Kier alpha value is -2.11. The Balaban J connectivity index is 2.19. The lowest BCUT2D eigenvalue weighted by Gasteiger charge is -2.07. The predicted molar refractivity (Wildman–Crippen MR) is 57.6 cm³/mol. The molecule has 6 heteroatoms. The summed E-state index contributed by atoms with van der Waals surface area (Å²) in [7, 11) is 0. The molecule has 0 unspecified atom stereocenters. The summed E-state index contributed by atoms with van der Waals surface area (Å²) >= 11 is 0. The molecule has 1 radical (unpaired) electrons. The van der Waals surface area contributed by atoms with Crippen LogP contribution in [-0.2, 0) is 0 Å². The van der Waals surface area contributed by atoms with Gasteiger partial charge in [-0.15, -0.1) is 0 Å². The van der Waals surface area contributed by atoms with Gasteiger partial charge in [0.2, 0.25) is 0 Å². The molecule has 0 spiro atoms. The highest BCUT2D eigenvalue weighted by Gasteiger charge is 2.11. The third-order valence-electron chi connectivity index (χ3n) is 2.07. The van der Waals surface area contributed by atoms with Gasteiger partial charge in [-0.25, -0.2) is 4.39 Å². The maximum Gasteiger partial charge on any atom is 0.387 e. The molecule has 2 rings (SSSR count). The SMILES string of the molecule is Fc1ccc([CH]c2cnccn2)cc1OC(F)F. The van der Waals surface area contributed by atoms with Gasteiger partial charge in [0.15, 0.2) is 11.6 Å². The molecule has 0 saturated carbocycles. The third kappa shape index (κ3) is 3.19. The first-order valence-corrected chi connectivity index (χ1v) is 5.00. The molecule has 18 heavy (non-hydrogen) atoms. The molecule has 0 atom stereocenters. The summed E-state index contributed by atoms with van der Waals surface area (Å²) in [5.74, 6) is -1.34. The second kappa shape index (κ2) is 5.48. The first kappa shape index (κ1) is 12.3. The molecular formula is C12H8F3N2O. The van der Waals surface area contributed by atoms with Gasteiger partial charge < -0.3 is 4.74 Å². The fourth-order valence-electron chi connectivity index (χ4n) is 1.35. The zero-order chi connectivity index (χ0) is 13.0. The van der Waals surface area contributed by atoms with E-state index in [-0.39, 0.29) is 0 Å². The van der Waals surface area contributed by atoms with Crippen molar-refractivity contribution in [3.8, 4) is 5.75 Å². The number of alkyl halides is 2. The predicted octanol–water partition coefficient (Wildman–Crippen LogP) is 2.82. The molecule has 1 heterocycles. The number of nitrogens with zero attached hydrogens (tertiary/aromatic N) is 2. The normalized spacial score (nSPS) is 10.7. The van der Waals surface area contributed by atoms with Crippen molar-refractivity contribution in [2.24, 2.45) is 0 Å². The maximum atomic E-state index is 13.2. The number of hydrogen-bond donors (Lipinski definition) is 0. The van der Waals surface area contributed by atoms with Crippen LogP contribution in [0.25, 0.3) is 0 Å². The lowest BCUT2D eigenvalue weighted by molar-refractivity contribution is -0.0522. The molecule has 93 valence electrons. The first-order valence-electron chi connectivity index (χ1n) is 5.00. The molecule has 0 N–H and O–H groups in total. The second-order valence-corrected chi connectivity index (χ2v) is 3.34. The Morgan fingerprint density at radius 1 is 1.22 bits per heavy atom. The van der Waals surface area contributed by atoms with Crippen molar-refractivity contribution in [2.45, 2.75) is 6.61 Å². The van der Waals surface area contributed by atoms with E-state index in [1.165, 1.54) is 30.7 Å². The van der Waals surface area contributed by atoms with Crippen molar-refractivity contribution < 1.29 is 17.9 Å². The van der Waals surface area contributed by atoms with Crippen molar-refractivity contribution >= 4 is 0 Å². The van der Waals surface area contributed by atoms with Gasteiger partial charge >= 0.3 is 6.61 Å². The zero-order valence-corrected chi connectivity index (χ0v) is 9.06. The van der Waals surface area contributed by atoms with Crippen LogP contribution in [-0.4, -0.2) is 16.6 Å². The number of halogens is 3. The van der Waals surface area contributed by atoms with Crippen molar-refractivity contribution in [2.75, 3.05) is 0 Å². The van der Waals surface area contributed by atoms with Gasteiger partial charge in [-0.05, 0) is 17.7 Å². The van der Waals surface area contributed by atoms with Gasteiger partial charge in [-0.1, -0.05) is 6.07 Å². The van der Waals surface area contributed by atoms with E-state index in [1.807, 2.05) is 0 Å². The van der Waals surface area contributed by atoms with E-state index in [4.69, 9.17) is 0 Å². The second-order valence-electron chi connectivity index (χ2n) is 3.34. The fourth-order valence-corrected chi connectivity index (χ4v) is 1.35. The van der Waals surface area contributed by atoms with Gasteiger partial charge in [0, 0.05) is 25.0 Å². The number of ether oxygens (including phenoxy) is 1. The van der Waals surface area contributed by atoms with Crippen molar-refractivity contribution in [1.29, 1.82) is 0 Å². The van der Waals surface area contributed by atoms with Crippen LogP contribution in [0.15, 0.2) is 36.8 Å². The van der Waals surface area contributed by atoms with E-state index >= 15 is 0 Å². The smallest absolute Gasteiger partial charge is 0.387 e. The van der Waals surface area contributed by atoms with Crippen LogP contribution in [0.2, 0.25) is 0 Å². The Kier molecular flexibility index (Phi) is 3.76. The van der Waals surface area contributed by atoms with Gasteiger partial charge in [0.1, 0.15) is 0 Å². The molecule has 1 aromatic heterocycles. The summed E-state index contributed by atoms with van der Waals surface area (Å²) in [6.07, 6.45) is 6.07. The van der Waals surface area contributed by atoms with Crippen molar-refractivity contribution in [3.05, 3.63) is 60.3 Å². The summed E-state index contributed by atoms with van der Waals surface area (Å²) in [4.78, 5) is 7.84. The minimum atomic E-state index is -3.06. The molecule has 3 nitrogen and oxygen atoms in total. The first-order chi connectivity index (χ1) is 8.65. The number of rotatable bonds is 4. The van der Waals surface area contributed by atoms with Crippen molar-refractivity contribution in [1.82, 2.24) is 9.97 Å². The lowest BCUT2D eigenvalue weighted by atomic mass is 10.1. The monoisotopic (exact) mass is 253 g/mol. The Labute approximate surface area is 101 Å². The van der Waals surface area contributed by atoms with E-state index in [9.17, 15) is 13.2 Å². The van der Waals surface area contributed by atoms with Crippen LogP contribution in [0.4, 0.5) is 13.2 Å². The van der Waals surface area contributed by atoms with Crippen LogP contribution >= 0.6 is 0 Å². The summed E-state index contributed by atoms with van der Waals surface area (Å²) in [5.41, 5.74) is 1.03. The van der Waals surface area contributed by atoms with E-state index in [0.717, 1.165) is 6.07 Å². The largest absolute Gasteiger partial charge is 0.432 e. The molecule has 0 saturated heterocycles. The number of benzene rings is 1. The Morgan fingerprint density at radius 2 is 2.06 bits per heavy atom. The van der Waals surface area contributed by atoms with E-state index < -0.39 is 18.2 Å². The van der Waals surface area contributed by atoms with Crippen LogP contribution in [0, 0.1) is 12.2 Å². The van der Waals surface area contributed by atoms with Gasteiger partial charge in [0.25, 0.3) is 0 Å². The third-order valence-corrected chi connectivity index (χ3v) is 2.07. The lowest BCUT2D eigenvalue weighted by Crippen LogP contribution is -2.04. The fraction of sp³-hybridized carbons (Fsp3) is 0.0833. The molecule has 0 aliphatic carbocycles.